The van der Waals surface area contributed by atoms with Gasteiger partial charge in [-0.3, -0.25) is 9.59 Å². The Balaban J connectivity index is 1.70. The first-order valence-electron chi connectivity index (χ1n) is 7.76. The van der Waals surface area contributed by atoms with Gasteiger partial charge in [-0.2, -0.15) is 0 Å². The van der Waals surface area contributed by atoms with Crippen LogP contribution in [-0.4, -0.2) is 18.5 Å². The molecule has 0 radical (unpaired) electrons. The Morgan fingerprint density at radius 1 is 1.32 bits per heavy atom. The highest BCUT2D eigenvalue weighted by Gasteiger charge is 2.17. The van der Waals surface area contributed by atoms with E-state index in [0.29, 0.717) is 18.0 Å². The number of nitrogens with one attached hydrogen (secondary N) is 1. The second kappa shape index (κ2) is 7.92. The smallest absolute Gasteiger partial charge is 0.306 e. The molecular formula is C17H22FNO3. The zero-order chi connectivity index (χ0) is 15.9. The number of aryl methyl sites for hydroxylation is 1. The molecule has 0 bridgehead atoms. The second-order valence-corrected chi connectivity index (χ2v) is 5.86. The molecule has 0 spiro atoms. The summed E-state index contributed by atoms with van der Waals surface area (Å²) in [5.74, 6) is -0.605. The summed E-state index contributed by atoms with van der Waals surface area (Å²) in [6.07, 6.45) is 6.06. The Morgan fingerprint density at radius 2 is 2.05 bits per heavy atom. The number of carbonyl (C=O) groups excluding carboxylic acids is 2. The largest absolute Gasteiger partial charge is 0.456 e. The van der Waals surface area contributed by atoms with Gasteiger partial charge in [0.25, 0.3) is 5.91 Å². The summed E-state index contributed by atoms with van der Waals surface area (Å²) >= 11 is 0. The molecule has 120 valence electrons. The molecule has 0 saturated heterocycles. The highest BCUT2D eigenvalue weighted by molar-refractivity contribution is 5.93. The number of hydrogen-bond acceptors (Lipinski definition) is 3. The number of ether oxygens (including phenoxy) is 1. The summed E-state index contributed by atoms with van der Waals surface area (Å²) < 4.78 is 18.1. The minimum absolute atomic E-state index is 0.334. The lowest BCUT2D eigenvalue weighted by atomic mass is 10.0. The van der Waals surface area contributed by atoms with Crippen LogP contribution in [0, 0.1) is 18.7 Å². The summed E-state index contributed by atoms with van der Waals surface area (Å²) in [5, 5.41) is 2.55. The summed E-state index contributed by atoms with van der Waals surface area (Å²) in [6, 6.07) is 4.15. The van der Waals surface area contributed by atoms with Crippen LogP contribution < -0.4 is 5.32 Å². The van der Waals surface area contributed by atoms with Gasteiger partial charge >= 0.3 is 5.97 Å². The highest BCUT2D eigenvalue weighted by atomic mass is 19.1. The molecule has 0 aromatic heterocycles. The number of halogens is 1. The van der Waals surface area contributed by atoms with Crippen LogP contribution in [0.25, 0.3) is 0 Å². The predicted molar refractivity (Wildman–Crippen MR) is 81.9 cm³/mol. The lowest BCUT2D eigenvalue weighted by Gasteiger charge is -2.10. The molecule has 2 rings (SSSR count). The fourth-order valence-electron chi connectivity index (χ4n) is 2.75. The Hall–Kier alpha value is -1.91. The fourth-order valence-corrected chi connectivity index (χ4v) is 2.75. The van der Waals surface area contributed by atoms with Gasteiger partial charge in [-0.25, -0.2) is 4.39 Å². The van der Waals surface area contributed by atoms with Crippen LogP contribution in [0.3, 0.4) is 0 Å². The zero-order valence-electron chi connectivity index (χ0n) is 12.9. The zero-order valence-corrected chi connectivity index (χ0v) is 12.9. The molecule has 1 amide bonds. The van der Waals surface area contributed by atoms with Crippen molar-refractivity contribution in [1.29, 1.82) is 0 Å². The molecular weight excluding hydrogens is 285 g/mol. The van der Waals surface area contributed by atoms with E-state index in [4.69, 9.17) is 4.74 Å². The van der Waals surface area contributed by atoms with Crippen LogP contribution in [0.5, 0.6) is 0 Å². The van der Waals surface area contributed by atoms with E-state index >= 15 is 0 Å². The first kappa shape index (κ1) is 16.5. The maximum atomic E-state index is 13.1. The van der Waals surface area contributed by atoms with Crippen LogP contribution in [-0.2, 0) is 14.3 Å². The molecule has 1 N–H and O–H groups in total. The van der Waals surface area contributed by atoms with Crippen LogP contribution >= 0.6 is 0 Å². The average molecular weight is 307 g/mol. The van der Waals surface area contributed by atoms with Crippen molar-refractivity contribution in [2.24, 2.45) is 5.92 Å². The van der Waals surface area contributed by atoms with Gasteiger partial charge in [-0.05, 0) is 37.0 Å². The molecule has 1 fully saturated rings. The molecule has 1 aliphatic carbocycles. The Morgan fingerprint density at radius 3 is 2.77 bits per heavy atom. The summed E-state index contributed by atoms with van der Waals surface area (Å²) in [5.41, 5.74) is 1.15. The summed E-state index contributed by atoms with van der Waals surface area (Å²) in [7, 11) is 0. The van der Waals surface area contributed by atoms with Crippen molar-refractivity contribution in [3.63, 3.8) is 0 Å². The molecule has 1 aromatic carbocycles. The van der Waals surface area contributed by atoms with E-state index in [1.807, 2.05) is 0 Å². The SMILES string of the molecule is Cc1ccc(F)cc1NC(=O)COC(=O)CCC1CCCC1. The Kier molecular flexibility index (Phi) is 5.92. The van der Waals surface area contributed by atoms with Gasteiger partial charge in [0.15, 0.2) is 6.61 Å². The topological polar surface area (TPSA) is 55.4 Å². The molecule has 5 heteroatoms. The van der Waals surface area contributed by atoms with E-state index in [9.17, 15) is 14.0 Å². The highest BCUT2D eigenvalue weighted by Crippen LogP contribution is 2.28. The molecule has 4 nitrogen and oxygen atoms in total. The van der Waals surface area contributed by atoms with Gasteiger partial charge < -0.3 is 10.1 Å². The maximum absolute atomic E-state index is 13.1. The van der Waals surface area contributed by atoms with Crippen LogP contribution in [0.2, 0.25) is 0 Å². The lowest BCUT2D eigenvalue weighted by molar-refractivity contribution is -0.147. The third-order valence-corrected chi connectivity index (χ3v) is 4.07. The molecule has 0 unspecified atom stereocenters. The lowest BCUT2D eigenvalue weighted by Crippen LogP contribution is -2.21. The number of anilines is 1. The molecule has 0 aliphatic heterocycles. The number of carbonyl (C=O) groups is 2. The number of amides is 1. The predicted octanol–water partition coefficient (Wildman–Crippen LogP) is 3.59. The third-order valence-electron chi connectivity index (χ3n) is 4.07. The van der Waals surface area contributed by atoms with Crippen molar-refractivity contribution in [1.82, 2.24) is 0 Å². The first-order valence-corrected chi connectivity index (χ1v) is 7.76. The van der Waals surface area contributed by atoms with Crippen LogP contribution in [0.4, 0.5) is 10.1 Å². The Bertz CT molecular complexity index is 539. The van der Waals surface area contributed by atoms with Gasteiger partial charge in [0, 0.05) is 12.1 Å². The number of hydrogen-bond donors (Lipinski definition) is 1. The summed E-state index contributed by atoms with van der Waals surface area (Å²) in [6.45, 7) is 1.43. The molecule has 1 aliphatic rings. The second-order valence-electron chi connectivity index (χ2n) is 5.86. The number of esters is 1. The molecule has 0 atom stereocenters. The van der Waals surface area contributed by atoms with Crippen LogP contribution in [0.15, 0.2) is 18.2 Å². The normalized spacial score (nSPS) is 14.8. The van der Waals surface area contributed by atoms with Crippen molar-refractivity contribution >= 4 is 17.6 Å². The van der Waals surface area contributed by atoms with E-state index in [0.717, 1.165) is 12.0 Å². The minimum atomic E-state index is -0.456. The van der Waals surface area contributed by atoms with Crippen molar-refractivity contribution in [3.8, 4) is 0 Å². The molecule has 0 heterocycles. The van der Waals surface area contributed by atoms with Gasteiger partial charge in [0.05, 0.1) is 0 Å². The monoisotopic (exact) mass is 307 g/mol. The van der Waals surface area contributed by atoms with Crippen molar-refractivity contribution in [2.75, 3.05) is 11.9 Å². The Labute approximate surface area is 130 Å². The standard InChI is InChI=1S/C17H22FNO3/c1-12-6-8-14(18)10-15(12)19-16(20)11-22-17(21)9-7-13-4-2-3-5-13/h6,8,10,13H,2-5,7,9,11H2,1H3,(H,19,20). The quantitative estimate of drug-likeness (QED) is 0.817. The van der Waals surface area contributed by atoms with Gasteiger partial charge in [-0.15, -0.1) is 0 Å². The van der Waals surface area contributed by atoms with Gasteiger partial charge in [0.2, 0.25) is 0 Å². The fraction of sp³-hybridized carbons (Fsp3) is 0.529. The minimum Gasteiger partial charge on any atom is -0.456 e. The van der Waals surface area contributed by atoms with E-state index in [2.05, 4.69) is 5.32 Å². The van der Waals surface area contributed by atoms with Crippen molar-refractivity contribution in [3.05, 3.63) is 29.6 Å². The molecule has 1 saturated carbocycles. The van der Waals surface area contributed by atoms with Gasteiger partial charge in [-0.1, -0.05) is 31.7 Å². The van der Waals surface area contributed by atoms with E-state index in [1.165, 1.54) is 37.8 Å². The summed E-state index contributed by atoms with van der Waals surface area (Å²) in [4.78, 5) is 23.3. The molecule has 1 aromatic rings. The van der Waals surface area contributed by atoms with Gasteiger partial charge in [0.1, 0.15) is 5.82 Å². The average Bonchev–Trinajstić information content (AvgIpc) is 3.00. The van der Waals surface area contributed by atoms with E-state index in [-0.39, 0.29) is 12.6 Å². The van der Waals surface area contributed by atoms with Crippen LogP contribution in [0.1, 0.15) is 44.1 Å². The van der Waals surface area contributed by atoms with E-state index in [1.54, 1.807) is 13.0 Å². The first-order chi connectivity index (χ1) is 10.5. The third kappa shape index (κ3) is 5.13. The van der Waals surface area contributed by atoms with E-state index < -0.39 is 11.7 Å². The maximum Gasteiger partial charge on any atom is 0.306 e. The number of rotatable bonds is 6. The van der Waals surface area contributed by atoms with Crippen molar-refractivity contribution < 1.29 is 18.7 Å². The number of benzene rings is 1. The molecule has 22 heavy (non-hydrogen) atoms. The van der Waals surface area contributed by atoms with Crippen molar-refractivity contribution in [2.45, 2.75) is 45.4 Å².